The van der Waals surface area contributed by atoms with Gasteiger partial charge in [-0.25, -0.2) is 4.68 Å². The van der Waals surface area contributed by atoms with Crippen molar-refractivity contribution in [2.75, 3.05) is 0 Å². The van der Waals surface area contributed by atoms with Gasteiger partial charge in [-0.15, -0.1) is 0 Å². The summed E-state index contributed by atoms with van der Waals surface area (Å²) in [4.78, 5) is 0. The minimum Gasteiger partial charge on any atom is -0.391 e. The number of aliphatic hydroxyl groups excluding tert-OH is 1. The van der Waals surface area contributed by atoms with Crippen molar-refractivity contribution in [3.8, 4) is 16.9 Å². The molecule has 3 aromatic rings. The molecule has 0 saturated carbocycles. The molecule has 0 radical (unpaired) electrons. The van der Waals surface area contributed by atoms with Gasteiger partial charge in [0.05, 0.1) is 18.0 Å². The molecule has 0 aliphatic carbocycles. The smallest absolute Gasteiger partial charge is 0.139 e. The molecule has 1 N–H and O–H groups in total. The molecule has 0 amide bonds. The molecular formula is C17H15ClN2O. The molecule has 3 rings (SSSR count). The zero-order chi connectivity index (χ0) is 14.8. The first-order valence-electron chi connectivity index (χ1n) is 6.71. The minimum atomic E-state index is -0.144. The predicted octanol–water partition coefficient (Wildman–Crippen LogP) is 3.99. The van der Waals surface area contributed by atoms with Crippen molar-refractivity contribution in [3.63, 3.8) is 0 Å². The standard InChI is InChI=1S/C17H15ClN2O/c1-12-6-5-9-14(10-12)20-17(18)15(11-21)16(19-20)13-7-3-2-4-8-13/h2-10,21H,11H2,1H3. The highest BCUT2D eigenvalue weighted by molar-refractivity contribution is 6.31. The molecule has 1 aromatic heterocycles. The van der Waals surface area contributed by atoms with E-state index in [0.29, 0.717) is 16.4 Å². The van der Waals surface area contributed by atoms with E-state index >= 15 is 0 Å². The molecule has 0 spiro atoms. The lowest BCUT2D eigenvalue weighted by Crippen LogP contribution is -1.97. The van der Waals surface area contributed by atoms with E-state index in [1.807, 2.05) is 61.5 Å². The Morgan fingerprint density at radius 2 is 1.86 bits per heavy atom. The van der Waals surface area contributed by atoms with Crippen LogP contribution < -0.4 is 0 Å². The van der Waals surface area contributed by atoms with Crippen molar-refractivity contribution < 1.29 is 5.11 Å². The number of aromatic nitrogens is 2. The Morgan fingerprint density at radius 3 is 2.52 bits per heavy atom. The van der Waals surface area contributed by atoms with Crippen LogP contribution in [0, 0.1) is 6.92 Å². The Balaban J connectivity index is 2.18. The van der Waals surface area contributed by atoms with Crippen LogP contribution in [-0.2, 0) is 6.61 Å². The maximum Gasteiger partial charge on any atom is 0.139 e. The normalized spacial score (nSPS) is 10.8. The lowest BCUT2D eigenvalue weighted by Gasteiger charge is -2.04. The number of rotatable bonds is 3. The number of hydrogen-bond acceptors (Lipinski definition) is 2. The van der Waals surface area contributed by atoms with Crippen LogP contribution in [0.25, 0.3) is 16.9 Å². The van der Waals surface area contributed by atoms with Crippen molar-refractivity contribution in [1.82, 2.24) is 9.78 Å². The molecule has 0 atom stereocenters. The Hall–Kier alpha value is -2.10. The summed E-state index contributed by atoms with van der Waals surface area (Å²) in [5, 5.41) is 14.7. The Labute approximate surface area is 128 Å². The van der Waals surface area contributed by atoms with Gasteiger partial charge in [0, 0.05) is 11.1 Å². The van der Waals surface area contributed by atoms with Crippen LogP contribution >= 0.6 is 11.6 Å². The van der Waals surface area contributed by atoms with Gasteiger partial charge in [-0.2, -0.15) is 5.10 Å². The highest BCUT2D eigenvalue weighted by atomic mass is 35.5. The van der Waals surface area contributed by atoms with E-state index in [1.54, 1.807) is 4.68 Å². The fraction of sp³-hybridized carbons (Fsp3) is 0.118. The summed E-state index contributed by atoms with van der Waals surface area (Å²) >= 11 is 6.41. The molecule has 2 aromatic carbocycles. The predicted molar refractivity (Wildman–Crippen MR) is 84.7 cm³/mol. The second-order valence-electron chi connectivity index (χ2n) is 4.89. The highest BCUT2D eigenvalue weighted by Gasteiger charge is 2.17. The maximum absolute atomic E-state index is 9.64. The Bertz CT molecular complexity index is 766. The Kier molecular flexibility index (Phi) is 3.78. The second-order valence-corrected chi connectivity index (χ2v) is 5.25. The van der Waals surface area contributed by atoms with Gasteiger partial charge in [-0.3, -0.25) is 0 Å². The molecule has 21 heavy (non-hydrogen) atoms. The summed E-state index contributed by atoms with van der Waals surface area (Å²) in [5.41, 5.74) is 4.31. The zero-order valence-corrected chi connectivity index (χ0v) is 12.4. The molecule has 0 fully saturated rings. The number of aliphatic hydroxyl groups is 1. The monoisotopic (exact) mass is 298 g/mol. The SMILES string of the molecule is Cc1cccc(-n2nc(-c3ccccc3)c(CO)c2Cl)c1. The van der Waals surface area contributed by atoms with E-state index in [0.717, 1.165) is 16.8 Å². The second kappa shape index (κ2) is 5.72. The van der Waals surface area contributed by atoms with Crippen molar-refractivity contribution >= 4 is 11.6 Å². The van der Waals surface area contributed by atoms with Crippen LogP contribution in [0.15, 0.2) is 54.6 Å². The van der Waals surface area contributed by atoms with Gasteiger partial charge in [0.1, 0.15) is 5.15 Å². The van der Waals surface area contributed by atoms with E-state index < -0.39 is 0 Å². The molecule has 0 aliphatic heterocycles. The van der Waals surface area contributed by atoms with Crippen molar-refractivity contribution in [1.29, 1.82) is 0 Å². The van der Waals surface area contributed by atoms with Gasteiger partial charge in [0.2, 0.25) is 0 Å². The number of halogens is 1. The van der Waals surface area contributed by atoms with E-state index in [4.69, 9.17) is 11.6 Å². The lowest BCUT2D eigenvalue weighted by molar-refractivity contribution is 0.282. The topological polar surface area (TPSA) is 38.0 Å². The highest BCUT2D eigenvalue weighted by Crippen LogP contribution is 2.30. The first-order chi connectivity index (χ1) is 10.2. The maximum atomic E-state index is 9.64. The molecule has 0 saturated heterocycles. The van der Waals surface area contributed by atoms with E-state index in [-0.39, 0.29) is 6.61 Å². The van der Waals surface area contributed by atoms with Gasteiger partial charge in [0.25, 0.3) is 0 Å². The van der Waals surface area contributed by atoms with Crippen LogP contribution in [-0.4, -0.2) is 14.9 Å². The molecule has 106 valence electrons. The van der Waals surface area contributed by atoms with Crippen molar-refractivity contribution in [2.45, 2.75) is 13.5 Å². The third kappa shape index (κ3) is 2.58. The molecule has 1 heterocycles. The number of hydrogen-bond donors (Lipinski definition) is 1. The average molecular weight is 299 g/mol. The van der Waals surface area contributed by atoms with E-state index in [9.17, 15) is 5.11 Å². The molecule has 0 aliphatic rings. The van der Waals surface area contributed by atoms with E-state index in [1.165, 1.54) is 0 Å². The molecule has 4 heteroatoms. The van der Waals surface area contributed by atoms with Crippen molar-refractivity contribution in [2.24, 2.45) is 0 Å². The van der Waals surface area contributed by atoms with Gasteiger partial charge >= 0.3 is 0 Å². The summed E-state index contributed by atoms with van der Waals surface area (Å²) in [5.74, 6) is 0. The first-order valence-corrected chi connectivity index (χ1v) is 7.09. The molecule has 3 nitrogen and oxygen atoms in total. The van der Waals surface area contributed by atoms with Crippen LogP contribution in [0.4, 0.5) is 0 Å². The van der Waals surface area contributed by atoms with Crippen LogP contribution in [0.3, 0.4) is 0 Å². The van der Waals surface area contributed by atoms with Crippen LogP contribution in [0.5, 0.6) is 0 Å². The zero-order valence-electron chi connectivity index (χ0n) is 11.6. The largest absolute Gasteiger partial charge is 0.391 e. The summed E-state index contributed by atoms with van der Waals surface area (Å²) in [6, 6.07) is 17.7. The van der Waals surface area contributed by atoms with Crippen LogP contribution in [0.1, 0.15) is 11.1 Å². The molecule has 0 unspecified atom stereocenters. The quantitative estimate of drug-likeness (QED) is 0.794. The first kappa shape index (κ1) is 13.9. The fourth-order valence-electron chi connectivity index (χ4n) is 2.33. The number of benzene rings is 2. The minimum absolute atomic E-state index is 0.144. The van der Waals surface area contributed by atoms with Gasteiger partial charge in [-0.05, 0) is 24.6 Å². The number of nitrogens with zero attached hydrogens (tertiary/aromatic N) is 2. The Morgan fingerprint density at radius 1 is 1.10 bits per heavy atom. The van der Waals surface area contributed by atoms with Crippen molar-refractivity contribution in [3.05, 3.63) is 70.9 Å². The van der Waals surface area contributed by atoms with Gasteiger partial charge in [-0.1, -0.05) is 54.1 Å². The summed E-state index contributed by atoms with van der Waals surface area (Å²) < 4.78 is 1.67. The van der Waals surface area contributed by atoms with Gasteiger partial charge in [0.15, 0.2) is 0 Å². The lowest BCUT2D eigenvalue weighted by atomic mass is 10.1. The average Bonchev–Trinajstić information content (AvgIpc) is 2.85. The third-order valence-electron chi connectivity index (χ3n) is 3.37. The summed E-state index contributed by atoms with van der Waals surface area (Å²) in [6.45, 7) is 1.88. The third-order valence-corrected chi connectivity index (χ3v) is 3.76. The van der Waals surface area contributed by atoms with Crippen LogP contribution in [0.2, 0.25) is 5.15 Å². The van der Waals surface area contributed by atoms with Gasteiger partial charge < -0.3 is 5.11 Å². The van der Waals surface area contributed by atoms with E-state index in [2.05, 4.69) is 5.10 Å². The summed E-state index contributed by atoms with van der Waals surface area (Å²) in [7, 11) is 0. The number of aryl methyl sites for hydroxylation is 1. The molecule has 0 bridgehead atoms. The fourth-order valence-corrected chi connectivity index (χ4v) is 2.61. The molecular weight excluding hydrogens is 284 g/mol. The summed E-state index contributed by atoms with van der Waals surface area (Å²) in [6.07, 6.45) is 0.